The van der Waals surface area contributed by atoms with E-state index < -0.39 is 16.1 Å². The summed E-state index contributed by atoms with van der Waals surface area (Å²) in [5, 5.41) is 10.8. The fourth-order valence-corrected chi connectivity index (χ4v) is 7.08. The summed E-state index contributed by atoms with van der Waals surface area (Å²) in [6.45, 7) is 2.33. The lowest BCUT2D eigenvalue weighted by molar-refractivity contribution is -0.165. The van der Waals surface area contributed by atoms with E-state index in [-0.39, 0.29) is 42.9 Å². The summed E-state index contributed by atoms with van der Waals surface area (Å²) >= 11 is 0. The van der Waals surface area contributed by atoms with E-state index in [1.54, 1.807) is 17.0 Å². The van der Waals surface area contributed by atoms with Crippen LogP contribution in [0.15, 0.2) is 54.6 Å². The molecule has 0 aliphatic carbocycles. The highest BCUT2D eigenvalue weighted by Crippen LogP contribution is 2.26. The number of hydrogen-bond acceptors (Lipinski definition) is 6. The van der Waals surface area contributed by atoms with Gasteiger partial charge >= 0.3 is 0 Å². The standard InChI is InChI=1S/C27H35FN4O5S/c28-24-7-9-25(10-8-24)29-16-18-31(19-17-29)38(36,37)20-26(32(35)21-33)23-12-14-30(15-13-23)27(34)11-6-22-4-2-1-3-5-22/h1-5,7-10,21,23,26,35H,6,11-20H2. The van der Waals surface area contributed by atoms with Crippen LogP contribution in [0.3, 0.4) is 0 Å². The number of halogens is 1. The zero-order chi connectivity index (χ0) is 27.1. The first kappa shape index (κ1) is 28.0. The number of rotatable bonds is 10. The van der Waals surface area contributed by atoms with Crippen LogP contribution in [0.4, 0.5) is 10.1 Å². The lowest BCUT2D eigenvalue weighted by Gasteiger charge is -2.39. The first-order valence-electron chi connectivity index (χ1n) is 13.0. The van der Waals surface area contributed by atoms with Gasteiger partial charge in [0, 0.05) is 51.4 Å². The Bertz CT molecular complexity index is 1170. The number of nitrogens with zero attached hydrogens (tertiary/aromatic N) is 4. The maximum absolute atomic E-state index is 13.3. The topological polar surface area (TPSA) is 101 Å². The van der Waals surface area contributed by atoms with Gasteiger partial charge in [0.15, 0.2) is 0 Å². The molecule has 1 unspecified atom stereocenters. The number of hydrogen-bond donors (Lipinski definition) is 1. The molecular formula is C27H35FN4O5S. The zero-order valence-electron chi connectivity index (χ0n) is 21.4. The molecule has 0 bridgehead atoms. The maximum Gasteiger partial charge on any atom is 0.233 e. The summed E-state index contributed by atoms with van der Waals surface area (Å²) < 4.78 is 41.2. The van der Waals surface area contributed by atoms with Crippen molar-refractivity contribution in [2.45, 2.75) is 31.7 Å². The second kappa shape index (κ2) is 12.7. The third-order valence-electron chi connectivity index (χ3n) is 7.56. The molecule has 2 aromatic carbocycles. The van der Waals surface area contributed by atoms with Crippen molar-refractivity contribution in [3.05, 3.63) is 66.0 Å². The molecule has 2 aliphatic rings. The number of amides is 2. The molecule has 0 saturated carbocycles. The van der Waals surface area contributed by atoms with Crippen molar-refractivity contribution in [2.75, 3.05) is 49.9 Å². The Hall–Kier alpha value is -3.02. The fraction of sp³-hybridized carbons (Fsp3) is 0.481. The smallest absolute Gasteiger partial charge is 0.233 e. The van der Waals surface area contributed by atoms with Gasteiger partial charge in [0.1, 0.15) is 5.82 Å². The van der Waals surface area contributed by atoms with Crippen LogP contribution in [0.1, 0.15) is 24.8 Å². The van der Waals surface area contributed by atoms with Crippen LogP contribution < -0.4 is 4.90 Å². The van der Waals surface area contributed by atoms with Gasteiger partial charge < -0.3 is 9.80 Å². The summed E-state index contributed by atoms with van der Waals surface area (Å²) in [5.41, 5.74) is 1.93. The number of carbonyl (C=O) groups excluding carboxylic acids is 2. The Morgan fingerprint density at radius 1 is 1.00 bits per heavy atom. The van der Waals surface area contributed by atoms with E-state index in [1.165, 1.54) is 16.4 Å². The normalized spacial score (nSPS) is 18.3. The van der Waals surface area contributed by atoms with Crippen molar-refractivity contribution < 1.29 is 27.6 Å². The molecule has 4 rings (SSSR count). The minimum atomic E-state index is -3.76. The van der Waals surface area contributed by atoms with Crippen LogP contribution in [0.2, 0.25) is 0 Å². The van der Waals surface area contributed by atoms with E-state index in [4.69, 9.17) is 0 Å². The van der Waals surface area contributed by atoms with Crippen molar-refractivity contribution >= 4 is 28.0 Å². The van der Waals surface area contributed by atoms with E-state index in [1.807, 2.05) is 35.2 Å². The third kappa shape index (κ3) is 7.09. The van der Waals surface area contributed by atoms with Crippen molar-refractivity contribution in [2.24, 2.45) is 5.92 Å². The minimum absolute atomic E-state index is 0.0479. The number of benzene rings is 2. The molecular weight excluding hydrogens is 511 g/mol. The maximum atomic E-state index is 13.3. The van der Waals surface area contributed by atoms with Crippen molar-refractivity contribution in [1.82, 2.24) is 14.3 Å². The van der Waals surface area contributed by atoms with Crippen LogP contribution in [-0.4, -0.2) is 91.3 Å². The number of aryl methyl sites for hydroxylation is 1. The average molecular weight is 547 g/mol. The SMILES string of the molecule is O=CN(O)C(CS(=O)(=O)N1CCN(c2ccc(F)cc2)CC1)C1CCN(C(=O)CCc2ccccc2)CC1. The van der Waals surface area contributed by atoms with E-state index in [0.29, 0.717) is 56.9 Å². The van der Waals surface area contributed by atoms with Crippen molar-refractivity contribution in [3.63, 3.8) is 0 Å². The highest BCUT2D eigenvalue weighted by molar-refractivity contribution is 7.89. The monoisotopic (exact) mass is 546 g/mol. The van der Waals surface area contributed by atoms with Crippen LogP contribution >= 0.6 is 0 Å². The second-order valence-corrected chi connectivity index (χ2v) is 11.9. The molecule has 2 heterocycles. The van der Waals surface area contributed by atoms with Gasteiger partial charge in [-0.3, -0.25) is 14.8 Å². The molecule has 2 aliphatic heterocycles. The van der Waals surface area contributed by atoms with Crippen molar-refractivity contribution in [1.29, 1.82) is 0 Å². The summed E-state index contributed by atoms with van der Waals surface area (Å²) in [4.78, 5) is 27.9. The summed E-state index contributed by atoms with van der Waals surface area (Å²) in [6, 6.07) is 15.0. The Kier molecular flexibility index (Phi) is 9.35. The van der Waals surface area contributed by atoms with Gasteiger partial charge in [-0.05, 0) is 55.0 Å². The van der Waals surface area contributed by atoms with Gasteiger partial charge in [0.2, 0.25) is 22.3 Å². The Labute approximate surface area is 223 Å². The van der Waals surface area contributed by atoms with Gasteiger partial charge in [-0.25, -0.2) is 17.9 Å². The van der Waals surface area contributed by atoms with Crippen LogP contribution in [-0.2, 0) is 26.0 Å². The first-order chi connectivity index (χ1) is 18.3. The largest absolute Gasteiger partial charge is 0.369 e. The van der Waals surface area contributed by atoms with Gasteiger partial charge in [0.05, 0.1) is 11.8 Å². The van der Waals surface area contributed by atoms with Gasteiger partial charge in [-0.2, -0.15) is 4.31 Å². The lowest BCUT2D eigenvalue weighted by atomic mass is 9.90. The molecule has 2 amide bonds. The highest BCUT2D eigenvalue weighted by atomic mass is 32.2. The number of hydroxylamine groups is 2. The van der Waals surface area contributed by atoms with Gasteiger partial charge in [-0.1, -0.05) is 30.3 Å². The predicted octanol–water partition coefficient (Wildman–Crippen LogP) is 2.37. The van der Waals surface area contributed by atoms with Crippen molar-refractivity contribution in [3.8, 4) is 0 Å². The molecule has 38 heavy (non-hydrogen) atoms. The Balaban J connectivity index is 1.31. The molecule has 2 fully saturated rings. The Morgan fingerprint density at radius 2 is 1.63 bits per heavy atom. The van der Waals surface area contributed by atoms with E-state index in [2.05, 4.69) is 0 Å². The Morgan fingerprint density at radius 3 is 2.24 bits per heavy atom. The quantitative estimate of drug-likeness (QED) is 0.279. The molecule has 2 saturated heterocycles. The molecule has 0 aromatic heterocycles. The number of sulfonamides is 1. The highest BCUT2D eigenvalue weighted by Gasteiger charge is 2.37. The molecule has 1 N–H and O–H groups in total. The number of piperidine rings is 1. The summed E-state index contributed by atoms with van der Waals surface area (Å²) in [6.07, 6.45) is 2.31. The van der Waals surface area contributed by atoms with E-state index in [0.717, 1.165) is 11.3 Å². The summed E-state index contributed by atoms with van der Waals surface area (Å²) in [5.74, 6) is -0.914. The van der Waals surface area contributed by atoms with Gasteiger partial charge in [-0.15, -0.1) is 0 Å². The fourth-order valence-electron chi connectivity index (χ4n) is 5.29. The number of likely N-dealkylation sites (tertiary alicyclic amines) is 1. The molecule has 1 atom stereocenters. The first-order valence-corrected chi connectivity index (χ1v) is 14.6. The number of piperazine rings is 1. The zero-order valence-corrected chi connectivity index (χ0v) is 22.2. The van der Waals surface area contributed by atoms with E-state index in [9.17, 15) is 27.6 Å². The van der Waals surface area contributed by atoms with Gasteiger partial charge in [0.25, 0.3) is 0 Å². The number of carbonyl (C=O) groups is 2. The average Bonchev–Trinajstić information content (AvgIpc) is 2.95. The summed E-state index contributed by atoms with van der Waals surface area (Å²) in [7, 11) is -3.76. The number of anilines is 1. The lowest BCUT2D eigenvalue weighted by Crippen LogP contribution is -2.53. The van der Waals surface area contributed by atoms with E-state index >= 15 is 0 Å². The molecule has 9 nitrogen and oxygen atoms in total. The second-order valence-electron chi connectivity index (χ2n) is 9.90. The van der Waals surface area contributed by atoms with Crippen LogP contribution in [0, 0.1) is 11.7 Å². The molecule has 11 heteroatoms. The van der Waals surface area contributed by atoms with Crippen LogP contribution in [0.5, 0.6) is 0 Å². The van der Waals surface area contributed by atoms with Crippen LogP contribution in [0.25, 0.3) is 0 Å². The third-order valence-corrected chi connectivity index (χ3v) is 9.47. The molecule has 0 spiro atoms. The minimum Gasteiger partial charge on any atom is -0.369 e. The molecule has 206 valence electrons. The predicted molar refractivity (Wildman–Crippen MR) is 142 cm³/mol. The molecule has 0 radical (unpaired) electrons. The molecule has 2 aromatic rings.